The van der Waals surface area contributed by atoms with Crippen molar-refractivity contribution in [2.75, 3.05) is 0 Å². The predicted molar refractivity (Wildman–Crippen MR) is 80.4 cm³/mol. The van der Waals surface area contributed by atoms with Gasteiger partial charge in [-0.2, -0.15) is 0 Å². The van der Waals surface area contributed by atoms with Crippen LogP contribution in [-0.4, -0.2) is 11.1 Å². The number of hydrogen-bond acceptors (Lipinski definition) is 2. The molecule has 0 amide bonds. The zero-order chi connectivity index (χ0) is 14.0. The molecule has 4 atom stereocenters. The highest BCUT2D eigenvalue weighted by Gasteiger charge is 2.25. The molecule has 0 spiro atoms. The Morgan fingerprint density at radius 1 is 1.21 bits per heavy atom. The van der Waals surface area contributed by atoms with Crippen molar-refractivity contribution in [3.05, 3.63) is 29.3 Å². The average molecular weight is 261 g/mol. The molecule has 2 N–H and O–H groups in total. The molecule has 1 aliphatic carbocycles. The molecular formula is C17H27NO. The molecule has 1 saturated carbocycles. The van der Waals surface area contributed by atoms with Gasteiger partial charge in [-0.05, 0) is 51.0 Å². The fourth-order valence-corrected chi connectivity index (χ4v) is 3.16. The van der Waals surface area contributed by atoms with E-state index in [1.807, 2.05) is 6.07 Å². The lowest BCUT2D eigenvalue weighted by atomic mass is 9.79. The van der Waals surface area contributed by atoms with Gasteiger partial charge in [0.1, 0.15) is 5.75 Å². The Hall–Kier alpha value is -1.02. The molecule has 0 heterocycles. The van der Waals surface area contributed by atoms with Crippen molar-refractivity contribution in [1.82, 2.24) is 5.32 Å². The fraction of sp³-hybridized carbons (Fsp3) is 0.647. The van der Waals surface area contributed by atoms with Crippen molar-refractivity contribution in [2.45, 2.75) is 59.0 Å². The Balaban J connectivity index is 2.01. The van der Waals surface area contributed by atoms with E-state index in [1.54, 1.807) is 6.07 Å². The number of benzene rings is 1. The van der Waals surface area contributed by atoms with E-state index in [0.29, 0.717) is 11.8 Å². The van der Waals surface area contributed by atoms with Crippen molar-refractivity contribution < 1.29 is 5.11 Å². The van der Waals surface area contributed by atoms with E-state index < -0.39 is 0 Å². The smallest absolute Gasteiger partial charge is 0.120 e. The summed E-state index contributed by atoms with van der Waals surface area (Å²) in [6.07, 6.45) is 3.81. The number of phenolic OH excluding ortho intramolecular Hbond substituents is 1. The molecule has 2 rings (SSSR count). The van der Waals surface area contributed by atoms with Crippen LogP contribution in [0.4, 0.5) is 0 Å². The number of nitrogens with one attached hydrogen (secondary N) is 1. The van der Waals surface area contributed by atoms with E-state index in [4.69, 9.17) is 0 Å². The minimum absolute atomic E-state index is 0.213. The SMILES string of the molecule is Cc1ccc(O)c(C(C)NC2CCC(C)C(C)C2)c1. The molecular weight excluding hydrogens is 234 g/mol. The van der Waals surface area contributed by atoms with E-state index in [9.17, 15) is 5.11 Å². The third-order valence-electron chi connectivity index (χ3n) is 4.73. The van der Waals surface area contributed by atoms with Crippen molar-refractivity contribution in [2.24, 2.45) is 11.8 Å². The molecule has 0 radical (unpaired) electrons. The van der Waals surface area contributed by atoms with Crippen LogP contribution in [0.2, 0.25) is 0 Å². The van der Waals surface area contributed by atoms with E-state index in [-0.39, 0.29) is 6.04 Å². The van der Waals surface area contributed by atoms with Crippen LogP contribution in [-0.2, 0) is 0 Å². The molecule has 19 heavy (non-hydrogen) atoms. The van der Waals surface area contributed by atoms with Crippen molar-refractivity contribution >= 4 is 0 Å². The van der Waals surface area contributed by atoms with E-state index in [0.717, 1.165) is 17.4 Å². The maximum absolute atomic E-state index is 9.99. The van der Waals surface area contributed by atoms with Gasteiger partial charge in [-0.3, -0.25) is 0 Å². The van der Waals surface area contributed by atoms with Crippen LogP contribution in [0.15, 0.2) is 18.2 Å². The van der Waals surface area contributed by atoms with E-state index in [1.165, 1.54) is 24.8 Å². The molecule has 1 fully saturated rings. The number of aromatic hydroxyl groups is 1. The molecule has 0 aliphatic heterocycles. The van der Waals surface area contributed by atoms with Gasteiger partial charge in [-0.25, -0.2) is 0 Å². The molecule has 2 nitrogen and oxygen atoms in total. The summed E-state index contributed by atoms with van der Waals surface area (Å²) in [4.78, 5) is 0. The Kier molecular flexibility index (Phi) is 4.51. The minimum atomic E-state index is 0.213. The molecule has 1 aromatic carbocycles. The monoisotopic (exact) mass is 261 g/mol. The van der Waals surface area contributed by atoms with Gasteiger partial charge >= 0.3 is 0 Å². The number of aryl methyl sites for hydroxylation is 1. The maximum atomic E-state index is 9.99. The van der Waals surface area contributed by atoms with E-state index >= 15 is 0 Å². The van der Waals surface area contributed by atoms with Gasteiger partial charge in [-0.15, -0.1) is 0 Å². The quantitative estimate of drug-likeness (QED) is 0.855. The van der Waals surface area contributed by atoms with Crippen LogP contribution < -0.4 is 5.32 Å². The Labute approximate surface area is 117 Å². The van der Waals surface area contributed by atoms with Crippen molar-refractivity contribution in [3.63, 3.8) is 0 Å². The standard InChI is InChI=1S/C17H27NO/c1-11-5-8-17(19)16(9-11)14(4)18-15-7-6-12(2)13(3)10-15/h5,8-9,12-15,18-19H,6-7,10H2,1-4H3. The Bertz CT molecular complexity index is 429. The van der Waals surface area contributed by atoms with Gasteiger partial charge in [-0.1, -0.05) is 31.5 Å². The lowest BCUT2D eigenvalue weighted by Gasteiger charge is -2.34. The first kappa shape index (κ1) is 14.4. The summed E-state index contributed by atoms with van der Waals surface area (Å²) in [6, 6.07) is 6.64. The second-order valence-corrected chi connectivity index (χ2v) is 6.42. The first-order chi connectivity index (χ1) is 8.97. The Morgan fingerprint density at radius 2 is 1.95 bits per heavy atom. The lowest BCUT2D eigenvalue weighted by molar-refractivity contribution is 0.217. The molecule has 1 aliphatic rings. The van der Waals surface area contributed by atoms with Crippen LogP contribution in [0.5, 0.6) is 5.75 Å². The molecule has 0 bridgehead atoms. The third kappa shape index (κ3) is 3.50. The highest BCUT2D eigenvalue weighted by Crippen LogP contribution is 2.32. The highest BCUT2D eigenvalue weighted by atomic mass is 16.3. The summed E-state index contributed by atoms with van der Waals surface area (Å²) in [5.41, 5.74) is 2.22. The van der Waals surface area contributed by atoms with Crippen molar-refractivity contribution in [1.29, 1.82) is 0 Å². The second-order valence-electron chi connectivity index (χ2n) is 6.42. The van der Waals surface area contributed by atoms with Gasteiger partial charge in [0.2, 0.25) is 0 Å². The average Bonchev–Trinajstić information content (AvgIpc) is 2.36. The first-order valence-corrected chi connectivity index (χ1v) is 7.53. The maximum Gasteiger partial charge on any atom is 0.120 e. The molecule has 0 aromatic heterocycles. The predicted octanol–water partition coefficient (Wildman–Crippen LogP) is 4.18. The zero-order valence-corrected chi connectivity index (χ0v) is 12.6. The summed E-state index contributed by atoms with van der Waals surface area (Å²) in [6.45, 7) is 8.93. The van der Waals surface area contributed by atoms with Crippen LogP contribution in [0, 0.1) is 18.8 Å². The highest BCUT2D eigenvalue weighted by molar-refractivity contribution is 5.37. The van der Waals surface area contributed by atoms with Gasteiger partial charge in [0.15, 0.2) is 0 Å². The second kappa shape index (κ2) is 5.96. The number of hydrogen-bond donors (Lipinski definition) is 2. The summed E-state index contributed by atoms with van der Waals surface area (Å²) >= 11 is 0. The van der Waals surface area contributed by atoms with Crippen LogP contribution >= 0.6 is 0 Å². The van der Waals surface area contributed by atoms with Gasteiger partial charge in [0, 0.05) is 17.6 Å². The molecule has 2 heteroatoms. The van der Waals surface area contributed by atoms with Crippen LogP contribution in [0.25, 0.3) is 0 Å². The zero-order valence-electron chi connectivity index (χ0n) is 12.6. The minimum Gasteiger partial charge on any atom is -0.508 e. The van der Waals surface area contributed by atoms with Crippen LogP contribution in [0.1, 0.15) is 57.2 Å². The molecule has 4 unspecified atom stereocenters. The van der Waals surface area contributed by atoms with Gasteiger partial charge < -0.3 is 10.4 Å². The molecule has 0 saturated heterocycles. The van der Waals surface area contributed by atoms with Gasteiger partial charge in [0.25, 0.3) is 0 Å². The van der Waals surface area contributed by atoms with Crippen molar-refractivity contribution in [3.8, 4) is 5.75 Å². The first-order valence-electron chi connectivity index (χ1n) is 7.53. The fourth-order valence-electron chi connectivity index (χ4n) is 3.16. The normalized spacial score (nSPS) is 29.2. The topological polar surface area (TPSA) is 32.3 Å². The van der Waals surface area contributed by atoms with Gasteiger partial charge in [0.05, 0.1) is 0 Å². The Morgan fingerprint density at radius 3 is 2.63 bits per heavy atom. The summed E-state index contributed by atoms with van der Waals surface area (Å²) in [7, 11) is 0. The summed E-state index contributed by atoms with van der Waals surface area (Å²) < 4.78 is 0. The molecule has 1 aromatic rings. The summed E-state index contributed by atoms with van der Waals surface area (Å²) in [5, 5.41) is 13.7. The third-order valence-corrected chi connectivity index (χ3v) is 4.73. The van der Waals surface area contributed by atoms with E-state index in [2.05, 4.69) is 39.1 Å². The molecule has 106 valence electrons. The van der Waals surface area contributed by atoms with Crippen LogP contribution in [0.3, 0.4) is 0 Å². The largest absolute Gasteiger partial charge is 0.508 e. The number of phenols is 1. The number of rotatable bonds is 3. The lowest BCUT2D eigenvalue weighted by Crippen LogP contribution is -2.37. The summed E-state index contributed by atoms with van der Waals surface area (Å²) in [5.74, 6) is 2.05.